The van der Waals surface area contributed by atoms with Gasteiger partial charge in [0, 0.05) is 24.2 Å². The summed E-state index contributed by atoms with van der Waals surface area (Å²) in [6.45, 7) is 0.724. The Morgan fingerprint density at radius 3 is 2.46 bits per heavy atom. The Balaban J connectivity index is 1.73. The van der Waals surface area contributed by atoms with Gasteiger partial charge in [-0.1, -0.05) is 0 Å². The summed E-state index contributed by atoms with van der Waals surface area (Å²) in [6, 6.07) is 8.30. The zero-order chi connectivity index (χ0) is 16.8. The lowest BCUT2D eigenvalue weighted by molar-refractivity contribution is 0.392. The van der Waals surface area contributed by atoms with Crippen LogP contribution in [0.5, 0.6) is 11.5 Å². The predicted octanol–water partition coefficient (Wildman–Crippen LogP) is 4.30. The van der Waals surface area contributed by atoms with E-state index in [2.05, 4.69) is 27.1 Å². The molecule has 0 aliphatic carbocycles. The summed E-state index contributed by atoms with van der Waals surface area (Å²) in [4.78, 5) is 4.49. The van der Waals surface area contributed by atoms with Crippen LogP contribution in [0.25, 0.3) is 0 Å². The third-order valence-electron chi connectivity index (χ3n) is 3.73. The van der Waals surface area contributed by atoms with Crippen molar-refractivity contribution in [3.05, 3.63) is 62.7 Å². The summed E-state index contributed by atoms with van der Waals surface area (Å²) < 4.78 is 10.7. The number of methoxy groups -OCH3 is 2. The van der Waals surface area contributed by atoms with Gasteiger partial charge in [0.05, 0.1) is 20.3 Å². The molecule has 2 heterocycles. The Morgan fingerprint density at radius 1 is 1.08 bits per heavy atom. The van der Waals surface area contributed by atoms with Crippen molar-refractivity contribution in [2.75, 3.05) is 14.2 Å². The van der Waals surface area contributed by atoms with E-state index in [9.17, 15) is 0 Å². The number of ether oxygens (including phenoxy) is 2. The molecular formula is C18H20N2O2S2. The Morgan fingerprint density at radius 2 is 1.88 bits per heavy atom. The van der Waals surface area contributed by atoms with Crippen molar-refractivity contribution in [2.45, 2.75) is 19.0 Å². The number of rotatable bonds is 8. The van der Waals surface area contributed by atoms with Crippen molar-refractivity contribution in [1.82, 2.24) is 10.3 Å². The first-order valence-corrected chi connectivity index (χ1v) is 9.46. The van der Waals surface area contributed by atoms with Crippen LogP contribution in [-0.4, -0.2) is 19.2 Å². The maximum absolute atomic E-state index is 5.34. The third-order valence-corrected chi connectivity index (χ3v) is 5.35. The van der Waals surface area contributed by atoms with Crippen molar-refractivity contribution in [3.63, 3.8) is 0 Å². The molecule has 24 heavy (non-hydrogen) atoms. The molecule has 0 radical (unpaired) electrons. The first-order chi connectivity index (χ1) is 11.8. The van der Waals surface area contributed by atoms with Crippen molar-refractivity contribution >= 4 is 22.7 Å². The predicted molar refractivity (Wildman–Crippen MR) is 99.3 cm³/mol. The highest BCUT2D eigenvalue weighted by atomic mass is 32.1. The Hall–Kier alpha value is -1.89. The molecule has 0 bridgehead atoms. The maximum Gasteiger partial charge on any atom is 0.122 e. The van der Waals surface area contributed by atoms with Crippen LogP contribution in [0.1, 0.15) is 22.2 Å². The number of thiazole rings is 1. The summed E-state index contributed by atoms with van der Waals surface area (Å²) in [7, 11) is 3.34. The molecule has 0 unspecified atom stereocenters. The van der Waals surface area contributed by atoms with Crippen LogP contribution < -0.4 is 14.8 Å². The smallest absolute Gasteiger partial charge is 0.122 e. The van der Waals surface area contributed by atoms with Gasteiger partial charge in [-0.25, -0.2) is 4.98 Å². The number of nitrogens with zero attached hydrogens (tertiary/aromatic N) is 1. The van der Waals surface area contributed by atoms with E-state index >= 15 is 0 Å². The molecule has 1 N–H and O–H groups in total. The molecule has 6 heteroatoms. The maximum atomic E-state index is 5.34. The number of benzene rings is 1. The Kier molecular flexibility index (Phi) is 5.85. The lowest BCUT2D eigenvalue weighted by Crippen LogP contribution is -2.22. The van der Waals surface area contributed by atoms with Crippen LogP contribution in [0.4, 0.5) is 0 Å². The number of nitrogens with one attached hydrogen (secondary N) is 1. The third kappa shape index (κ3) is 4.35. The molecule has 3 aromatic rings. The standard InChI is InChI=1S/C18H20N2O2S2/c1-21-15-7-14(8-16(10-15)22-2)11-20-17(18-19-4-6-24-18)9-13-3-5-23-12-13/h3-8,10,12,17,20H,9,11H2,1-2H3/t17-/m1/s1. The van der Waals surface area contributed by atoms with E-state index in [1.807, 2.05) is 29.8 Å². The largest absolute Gasteiger partial charge is 0.497 e. The van der Waals surface area contributed by atoms with E-state index in [1.54, 1.807) is 36.9 Å². The number of hydrogen-bond donors (Lipinski definition) is 1. The monoisotopic (exact) mass is 360 g/mol. The van der Waals surface area contributed by atoms with Gasteiger partial charge >= 0.3 is 0 Å². The SMILES string of the molecule is COc1cc(CN[C@H](Cc2ccsc2)c2nccs2)cc(OC)c1. The summed E-state index contributed by atoms with van der Waals surface area (Å²) in [5.41, 5.74) is 2.45. The van der Waals surface area contributed by atoms with E-state index in [4.69, 9.17) is 9.47 Å². The van der Waals surface area contributed by atoms with Crippen LogP contribution in [-0.2, 0) is 13.0 Å². The summed E-state index contributed by atoms with van der Waals surface area (Å²) in [6.07, 6.45) is 2.79. The first-order valence-electron chi connectivity index (χ1n) is 7.64. The first kappa shape index (κ1) is 17.0. The van der Waals surface area contributed by atoms with Crippen LogP contribution in [0.3, 0.4) is 0 Å². The highest BCUT2D eigenvalue weighted by Crippen LogP contribution is 2.25. The molecule has 1 aromatic carbocycles. The van der Waals surface area contributed by atoms with Gasteiger partial charge in [-0.05, 0) is 46.5 Å². The molecule has 0 saturated heterocycles. The van der Waals surface area contributed by atoms with Crippen LogP contribution in [0, 0.1) is 0 Å². The quantitative estimate of drug-likeness (QED) is 0.651. The van der Waals surface area contributed by atoms with Crippen molar-refractivity contribution in [1.29, 1.82) is 0 Å². The molecule has 2 aromatic heterocycles. The second-order valence-corrected chi connectivity index (χ2v) is 7.07. The van der Waals surface area contributed by atoms with Crippen LogP contribution in [0.15, 0.2) is 46.6 Å². The van der Waals surface area contributed by atoms with Crippen molar-refractivity contribution < 1.29 is 9.47 Å². The minimum Gasteiger partial charge on any atom is -0.497 e. The second-order valence-electron chi connectivity index (χ2n) is 5.36. The fourth-order valence-electron chi connectivity index (χ4n) is 2.51. The number of aromatic nitrogens is 1. The van der Waals surface area contributed by atoms with E-state index in [0.717, 1.165) is 35.0 Å². The van der Waals surface area contributed by atoms with Gasteiger partial charge in [-0.2, -0.15) is 11.3 Å². The van der Waals surface area contributed by atoms with E-state index in [-0.39, 0.29) is 6.04 Å². The average Bonchev–Trinajstić information content (AvgIpc) is 3.31. The zero-order valence-electron chi connectivity index (χ0n) is 13.7. The van der Waals surface area contributed by atoms with Crippen molar-refractivity contribution in [3.8, 4) is 11.5 Å². The van der Waals surface area contributed by atoms with E-state index < -0.39 is 0 Å². The summed E-state index contributed by atoms with van der Waals surface area (Å²) in [5.74, 6) is 1.60. The van der Waals surface area contributed by atoms with Gasteiger partial charge in [-0.15, -0.1) is 11.3 Å². The highest BCUT2D eigenvalue weighted by Gasteiger charge is 2.15. The topological polar surface area (TPSA) is 43.4 Å². The molecule has 0 amide bonds. The molecule has 1 atom stereocenters. The lowest BCUT2D eigenvalue weighted by atomic mass is 10.1. The van der Waals surface area contributed by atoms with E-state index in [0.29, 0.717) is 0 Å². The molecular weight excluding hydrogens is 340 g/mol. The van der Waals surface area contributed by atoms with Gasteiger partial charge < -0.3 is 14.8 Å². The van der Waals surface area contributed by atoms with Crippen LogP contribution >= 0.6 is 22.7 Å². The minimum atomic E-state index is 0.191. The number of hydrogen-bond acceptors (Lipinski definition) is 6. The summed E-state index contributed by atoms with van der Waals surface area (Å²) >= 11 is 3.41. The van der Waals surface area contributed by atoms with Crippen LogP contribution in [0.2, 0.25) is 0 Å². The molecule has 0 aliphatic rings. The molecule has 0 fully saturated rings. The Bertz CT molecular complexity index is 720. The fourth-order valence-corrected chi connectivity index (χ4v) is 3.90. The molecule has 0 saturated carbocycles. The normalized spacial score (nSPS) is 12.1. The molecule has 4 nitrogen and oxygen atoms in total. The van der Waals surface area contributed by atoms with E-state index in [1.165, 1.54) is 5.56 Å². The minimum absolute atomic E-state index is 0.191. The zero-order valence-corrected chi connectivity index (χ0v) is 15.3. The van der Waals surface area contributed by atoms with Gasteiger partial charge in [0.15, 0.2) is 0 Å². The van der Waals surface area contributed by atoms with Crippen molar-refractivity contribution in [2.24, 2.45) is 0 Å². The number of thiophene rings is 1. The highest BCUT2D eigenvalue weighted by molar-refractivity contribution is 7.09. The van der Waals surface area contributed by atoms with Gasteiger partial charge in [0.25, 0.3) is 0 Å². The van der Waals surface area contributed by atoms with Gasteiger partial charge in [-0.3, -0.25) is 0 Å². The molecule has 0 spiro atoms. The fraction of sp³-hybridized carbons (Fsp3) is 0.278. The van der Waals surface area contributed by atoms with Gasteiger partial charge in [0.1, 0.15) is 16.5 Å². The second kappa shape index (κ2) is 8.28. The van der Waals surface area contributed by atoms with Gasteiger partial charge in [0.2, 0.25) is 0 Å². The molecule has 3 rings (SSSR count). The summed E-state index contributed by atoms with van der Waals surface area (Å²) in [5, 5.41) is 11.1. The lowest BCUT2D eigenvalue weighted by Gasteiger charge is -2.17. The molecule has 0 aliphatic heterocycles. The molecule has 126 valence electrons. The average molecular weight is 361 g/mol. The Labute approximate surface area is 150 Å².